The summed E-state index contributed by atoms with van der Waals surface area (Å²) in [6.45, 7) is 2.44. The average Bonchev–Trinajstić information content (AvgIpc) is 2.67. The normalized spacial score (nSPS) is 10.4. The van der Waals surface area contributed by atoms with Gasteiger partial charge in [-0.15, -0.1) is 0 Å². The molecular formula is C22H20O2. The lowest BCUT2D eigenvalue weighted by Crippen LogP contribution is -1.99. The summed E-state index contributed by atoms with van der Waals surface area (Å²) in [5, 5.41) is 0. The maximum Gasteiger partial charge on any atom is 0.163 e. The lowest BCUT2D eigenvalue weighted by Gasteiger charge is -2.10. The second-order valence-corrected chi connectivity index (χ2v) is 5.62. The van der Waals surface area contributed by atoms with Crippen LogP contribution in [0.4, 0.5) is 0 Å². The number of carbonyl (C=O) groups excluding carboxylic acids is 1. The number of Topliss-reactive ketones (excluding diaryl/α,β-unsaturated/α-hetero) is 1. The molecule has 120 valence electrons. The predicted octanol–water partition coefficient (Wildman–Crippen LogP) is 5.53. The highest BCUT2D eigenvalue weighted by Crippen LogP contribution is 2.27. The summed E-state index contributed by atoms with van der Waals surface area (Å²) in [7, 11) is 0. The van der Waals surface area contributed by atoms with E-state index in [2.05, 4.69) is 0 Å². The fourth-order valence-corrected chi connectivity index (χ4v) is 2.64. The number of rotatable bonds is 6. The molecule has 0 aliphatic heterocycles. The minimum absolute atomic E-state index is 0.162. The van der Waals surface area contributed by atoms with Gasteiger partial charge in [0.2, 0.25) is 0 Å². The van der Waals surface area contributed by atoms with E-state index in [4.69, 9.17) is 4.74 Å². The number of ether oxygens (including phenoxy) is 1. The Morgan fingerprint density at radius 2 is 1.50 bits per heavy atom. The highest BCUT2D eigenvalue weighted by atomic mass is 16.5. The van der Waals surface area contributed by atoms with Crippen LogP contribution in [0.1, 0.15) is 29.3 Å². The Kier molecular flexibility index (Phi) is 5.07. The van der Waals surface area contributed by atoms with E-state index in [1.807, 2.05) is 85.8 Å². The first-order valence-electron chi connectivity index (χ1n) is 8.17. The smallest absolute Gasteiger partial charge is 0.163 e. The number of hydrogen-bond acceptors (Lipinski definition) is 2. The zero-order valence-electron chi connectivity index (χ0n) is 13.7. The van der Waals surface area contributed by atoms with Crippen molar-refractivity contribution in [2.75, 3.05) is 0 Å². The van der Waals surface area contributed by atoms with Gasteiger partial charge in [-0.05, 0) is 28.8 Å². The molecular weight excluding hydrogens is 296 g/mol. The van der Waals surface area contributed by atoms with Crippen LogP contribution in [0.5, 0.6) is 5.75 Å². The van der Waals surface area contributed by atoms with Crippen LogP contribution in [-0.4, -0.2) is 5.78 Å². The van der Waals surface area contributed by atoms with Crippen LogP contribution in [-0.2, 0) is 6.61 Å². The molecule has 0 spiro atoms. The molecule has 0 aliphatic rings. The zero-order chi connectivity index (χ0) is 16.8. The molecule has 0 saturated heterocycles. The van der Waals surface area contributed by atoms with Gasteiger partial charge in [0.1, 0.15) is 12.4 Å². The highest BCUT2D eigenvalue weighted by Gasteiger charge is 2.10. The van der Waals surface area contributed by atoms with E-state index in [9.17, 15) is 4.79 Å². The van der Waals surface area contributed by atoms with Crippen molar-refractivity contribution in [3.05, 3.63) is 90.0 Å². The van der Waals surface area contributed by atoms with Crippen LogP contribution in [0.25, 0.3) is 11.1 Å². The zero-order valence-corrected chi connectivity index (χ0v) is 13.7. The number of benzene rings is 3. The standard InChI is InChI=1S/C22H20O2/c1-2-22(23)21-11-7-6-10-20(21)18-12-14-19(15-13-18)24-16-17-8-4-3-5-9-17/h3-15H,2,16H2,1H3. The van der Waals surface area contributed by atoms with Gasteiger partial charge in [0.05, 0.1) is 0 Å². The van der Waals surface area contributed by atoms with Gasteiger partial charge in [0.15, 0.2) is 5.78 Å². The van der Waals surface area contributed by atoms with Crippen LogP contribution in [0, 0.1) is 0 Å². The van der Waals surface area contributed by atoms with Crippen molar-refractivity contribution in [1.29, 1.82) is 0 Å². The molecule has 0 N–H and O–H groups in total. The molecule has 0 unspecified atom stereocenters. The van der Waals surface area contributed by atoms with Crippen molar-refractivity contribution in [3.8, 4) is 16.9 Å². The van der Waals surface area contributed by atoms with Crippen molar-refractivity contribution >= 4 is 5.78 Å². The predicted molar refractivity (Wildman–Crippen MR) is 97.3 cm³/mol. The van der Waals surface area contributed by atoms with Gasteiger partial charge in [-0.3, -0.25) is 4.79 Å². The van der Waals surface area contributed by atoms with Crippen LogP contribution >= 0.6 is 0 Å². The maximum atomic E-state index is 12.1. The highest BCUT2D eigenvalue weighted by molar-refractivity contribution is 6.02. The van der Waals surface area contributed by atoms with Crippen LogP contribution in [0.2, 0.25) is 0 Å². The second kappa shape index (κ2) is 7.60. The third-order valence-corrected chi connectivity index (χ3v) is 3.96. The molecule has 0 radical (unpaired) electrons. The first-order chi connectivity index (χ1) is 11.8. The molecule has 0 aromatic heterocycles. The van der Waals surface area contributed by atoms with Crippen molar-refractivity contribution in [2.24, 2.45) is 0 Å². The summed E-state index contributed by atoms with van der Waals surface area (Å²) in [5.41, 5.74) is 3.91. The van der Waals surface area contributed by atoms with Gasteiger partial charge in [-0.2, -0.15) is 0 Å². The van der Waals surface area contributed by atoms with E-state index < -0.39 is 0 Å². The Balaban J connectivity index is 1.77. The molecule has 3 aromatic rings. The monoisotopic (exact) mass is 316 g/mol. The summed E-state index contributed by atoms with van der Waals surface area (Å²) < 4.78 is 5.81. The number of hydrogen-bond donors (Lipinski definition) is 0. The summed E-state index contributed by atoms with van der Waals surface area (Å²) in [6.07, 6.45) is 0.509. The van der Waals surface area contributed by atoms with E-state index in [1.54, 1.807) is 0 Å². The third kappa shape index (κ3) is 3.72. The van der Waals surface area contributed by atoms with Gasteiger partial charge in [0, 0.05) is 12.0 Å². The Hall–Kier alpha value is -2.87. The fourth-order valence-electron chi connectivity index (χ4n) is 2.64. The van der Waals surface area contributed by atoms with Crippen LogP contribution < -0.4 is 4.74 Å². The topological polar surface area (TPSA) is 26.3 Å². The fraction of sp³-hybridized carbons (Fsp3) is 0.136. The molecule has 3 aromatic carbocycles. The summed E-state index contributed by atoms with van der Waals surface area (Å²) >= 11 is 0. The van der Waals surface area contributed by atoms with Gasteiger partial charge >= 0.3 is 0 Å². The Morgan fingerprint density at radius 3 is 2.21 bits per heavy atom. The molecule has 0 atom stereocenters. The molecule has 3 rings (SSSR count). The van der Waals surface area contributed by atoms with Crippen molar-refractivity contribution < 1.29 is 9.53 Å². The molecule has 0 aliphatic carbocycles. The van der Waals surface area contributed by atoms with E-state index in [1.165, 1.54) is 0 Å². The number of carbonyl (C=O) groups is 1. The van der Waals surface area contributed by atoms with Crippen LogP contribution in [0.3, 0.4) is 0 Å². The van der Waals surface area contributed by atoms with Gasteiger partial charge in [-0.1, -0.05) is 73.7 Å². The summed E-state index contributed by atoms with van der Waals surface area (Å²) in [6, 6.07) is 25.7. The second-order valence-electron chi connectivity index (χ2n) is 5.62. The van der Waals surface area contributed by atoms with Gasteiger partial charge in [0.25, 0.3) is 0 Å². The number of ketones is 1. The molecule has 0 saturated carbocycles. The first-order valence-corrected chi connectivity index (χ1v) is 8.17. The van der Waals surface area contributed by atoms with Crippen molar-refractivity contribution in [2.45, 2.75) is 20.0 Å². The maximum absolute atomic E-state index is 12.1. The molecule has 2 nitrogen and oxygen atoms in total. The summed E-state index contributed by atoms with van der Waals surface area (Å²) in [5.74, 6) is 0.983. The van der Waals surface area contributed by atoms with E-state index in [0.717, 1.165) is 28.0 Å². The van der Waals surface area contributed by atoms with E-state index in [-0.39, 0.29) is 5.78 Å². The SMILES string of the molecule is CCC(=O)c1ccccc1-c1ccc(OCc2ccccc2)cc1. The van der Waals surface area contributed by atoms with E-state index in [0.29, 0.717) is 13.0 Å². The molecule has 24 heavy (non-hydrogen) atoms. The largest absolute Gasteiger partial charge is 0.489 e. The Morgan fingerprint density at radius 1 is 0.833 bits per heavy atom. The molecule has 2 heteroatoms. The molecule has 0 heterocycles. The Bertz CT molecular complexity index is 805. The molecule has 0 amide bonds. The average molecular weight is 316 g/mol. The minimum Gasteiger partial charge on any atom is -0.489 e. The molecule has 0 fully saturated rings. The van der Waals surface area contributed by atoms with Crippen molar-refractivity contribution in [1.82, 2.24) is 0 Å². The van der Waals surface area contributed by atoms with Gasteiger partial charge in [-0.25, -0.2) is 0 Å². The lowest BCUT2D eigenvalue weighted by molar-refractivity contribution is 0.0989. The van der Waals surface area contributed by atoms with Gasteiger partial charge < -0.3 is 4.74 Å². The first kappa shape index (κ1) is 16.0. The summed E-state index contributed by atoms with van der Waals surface area (Å²) in [4.78, 5) is 12.1. The van der Waals surface area contributed by atoms with Crippen molar-refractivity contribution in [3.63, 3.8) is 0 Å². The molecule has 0 bridgehead atoms. The third-order valence-electron chi connectivity index (χ3n) is 3.96. The Labute approximate surface area is 142 Å². The quantitative estimate of drug-likeness (QED) is 0.559. The van der Waals surface area contributed by atoms with Crippen LogP contribution in [0.15, 0.2) is 78.9 Å². The lowest BCUT2D eigenvalue weighted by atomic mass is 9.96. The minimum atomic E-state index is 0.162. The van der Waals surface area contributed by atoms with E-state index >= 15 is 0 Å².